The number of imide groups is 1. The predicted octanol–water partition coefficient (Wildman–Crippen LogP) is 3.42. The highest BCUT2D eigenvalue weighted by Crippen LogP contribution is 2.25. The highest BCUT2D eigenvalue weighted by molar-refractivity contribution is 8.01. The summed E-state index contributed by atoms with van der Waals surface area (Å²) in [6, 6.07) is 5.08. The molecule has 3 amide bonds. The lowest BCUT2D eigenvalue weighted by Crippen LogP contribution is -2.35. The number of anilines is 2. The minimum absolute atomic E-state index is 0.0998. The van der Waals surface area contributed by atoms with Crippen LogP contribution in [0.4, 0.5) is 15.6 Å². The van der Waals surface area contributed by atoms with Crippen molar-refractivity contribution in [2.45, 2.75) is 31.5 Å². The lowest BCUT2D eigenvalue weighted by atomic mass is 10.1. The van der Waals surface area contributed by atoms with Crippen molar-refractivity contribution in [1.82, 2.24) is 15.5 Å². The number of hydrogen-bond donors (Lipinski definition) is 3. The van der Waals surface area contributed by atoms with Gasteiger partial charge in [-0.05, 0) is 37.5 Å². The zero-order valence-corrected chi connectivity index (χ0v) is 16.0. The lowest BCUT2D eigenvalue weighted by Gasteiger charge is -2.10. The summed E-state index contributed by atoms with van der Waals surface area (Å²) in [5.74, 6) is -0.283. The molecule has 0 spiro atoms. The number of nitrogens with zero attached hydrogens (tertiary/aromatic N) is 2. The molecule has 0 radical (unpaired) electrons. The SMILES string of the molecule is CCCNc1nnc(SCC(=O)NC(=O)Nc2cccc(C)c2C)s1. The van der Waals surface area contributed by atoms with E-state index in [4.69, 9.17) is 0 Å². The molecular weight excluding hydrogens is 358 g/mol. The van der Waals surface area contributed by atoms with E-state index in [0.717, 1.165) is 29.2 Å². The van der Waals surface area contributed by atoms with Crippen molar-refractivity contribution in [3.8, 4) is 0 Å². The molecule has 3 N–H and O–H groups in total. The number of carbonyl (C=O) groups excluding carboxylic acids is 2. The number of carbonyl (C=O) groups is 2. The molecule has 0 bridgehead atoms. The summed E-state index contributed by atoms with van der Waals surface area (Å²) in [5, 5.41) is 16.9. The highest BCUT2D eigenvalue weighted by Gasteiger charge is 2.12. The summed E-state index contributed by atoms with van der Waals surface area (Å²) in [7, 11) is 0. The van der Waals surface area contributed by atoms with Gasteiger partial charge in [-0.15, -0.1) is 10.2 Å². The number of hydrogen-bond acceptors (Lipinski definition) is 7. The Balaban J connectivity index is 1.78. The maximum absolute atomic E-state index is 11.9. The second kappa shape index (κ2) is 9.38. The van der Waals surface area contributed by atoms with Crippen LogP contribution < -0.4 is 16.0 Å². The average Bonchev–Trinajstić information content (AvgIpc) is 3.03. The standard InChI is InChI=1S/C16H21N5O2S2/c1-4-8-17-15-20-21-16(25-15)24-9-13(22)19-14(23)18-12-7-5-6-10(2)11(12)3/h5-7H,4,8-9H2,1-3H3,(H,17,20)(H2,18,19,22,23). The fourth-order valence-corrected chi connectivity index (χ4v) is 3.48. The van der Waals surface area contributed by atoms with Crippen LogP contribution in [-0.2, 0) is 4.79 Å². The van der Waals surface area contributed by atoms with Gasteiger partial charge in [0.1, 0.15) is 0 Å². The molecule has 9 heteroatoms. The van der Waals surface area contributed by atoms with E-state index in [1.54, 1.807) is 6.07 Å². The molecule has 7 nitrogen and oxygen atoms in total. The topological polar surface area (TPSA) is 96.0 Å². The third kappa shape index (κ3) is 6.02. The Morgan fingerprint density at radius 3 is 2.80 bits per heavy atom. The molecular formula is C16H21N5O2S2. The summed E-state index contributed by atoms with van der Waals surface area (Å²) >= 11 is 2.64. The smallest absolute Gasteiger partial charge is 0.325 e. The van der Waals surface area contributed by atoms with Crippen LogP contribution in [0.2, 0.25) is 0 Å². The molecule has 0 aliphatic carbocycles. The normalized spacial score (nSPS) is 10.4. The van der Waals surface area contributed by atoms with Gasteiger partial charge in [0.15, 0.2) is 4.34 Å². The van der Waals surface area contributed by atoms with Crippen LogP contribution in [-0.4, -0.2) is 34.4 Å². The van der Waals surface area contributed by atoms with E-state index in [1.807, 2.05) is 26.0 Å². The van der Waals surface area contributed by atoms with Gasteiger partial charge >= 0.3 is 6.03 Å². The lowest BCUT2D eigenvalue weighted by molar-refractivity contribution is -0.117. The molecule has 0 aliphatic rings. The number of amides is 3. The fourth-order valence-electron chi connectivity index (χ4n) is 1.90. The Morgan fingerprint density at radius 2 is 2.04 bits per heavy atom. The number of aromatic nitrogens is 2. The highest BCUT2D eigenvalue weighted by atomic mass is 32.2. The first-order valence-electron chi connectivity index (χ1n) is 7.86. The Kier molecular flexibility index (Phi) is 7.20. The summed E-state index contributed by atoms with van der Waals surface area (Å²) in [6.45, 7) is 6.78. The first-order valence-corrected chi connectivity index (χ1v) is 9.67. The number of aryl methyl sites for hydroxylation is 1. The van der Waals surface area contributed by atoms with Crippen LogP contribution in [0.5, 0.6) is 0 Å². The summed E-state index contributed by atoms with van der Waals surface area (Å²) < 4.78 is 0.684. The van der Waals surface area contributed by atoms with Gasteiger partial charge < -0.3 is 10.6 Å². The average molecular weight is 380 g/mol. The van der Waals surface area contributed by atoms with E-state index in [2.05, 4.69) is 33.1 Å². The molecule has 2 rings (SSSR count). The summed E-state index contributed by atoms with van der Waals surface area (Å²) in [6.07, 6.45) is 1.000. The molecule has 25 heavy (non-hydrogen) atoms. The van der Waals surface area contributed by atoms with E-state index in [1.165, 1.54) is 23.1 Å². The number of thioether (sulfide) groups is 1. The van der Waals surface area contributed by atoms with E-state index >= 15 is 0 Å². The molecule has 134 valence electrons. The second-order valence-electron chi connectivity index (χ2n) is 5.34. The molecule has 0 fully saturated rings. The molecule has 1 heterocycles. The van der Waals surface area contributed by atoms with Crippen LogP contribution in [0.25, 0.3) is 0 Å². The van der Waals surface area contributed by atoms with Crippen molar-refractivity contribution >= 4 is 45.9 Å². The van der Waals surface area contributed by atoms with Crippen molar-refractivity contribution in [3.63, 3.8) is 0 Å². The summed E-state index contributed by atoms with van der Waals surface area (Å²) in [4.78, 5) is 23.8. The minimum Gasteiger partial charge on any atom is -0.360 e. The van der Waals surface area contributed by atoms with E-state index in [-0.39, 0.29) is 11.7 Å². The molecule has 1 aromatic carbocycles. The molecule has 0 aliphatic heterocycles. The molecule has 1 aromatic heterocycles. The maximum Gasteiger partial charge on any atom is 0.325 e. The van der Waals surface area contributed by atoms with Crippen LogP contribution >= 0.6 is 23.1 Å². The van der Waals surface area contributed by atoms with Gasteiger partial charge in [-0.2, -0.15) is 0 Å². The van der Waals surface area contributed by atoms with E-state index in [0.29, 0.717) is 10.0 Å². The van der Waals surface area contributed by atoms with Crippen LogP contribution in [0.1, 0.15) is 24.5 Å². The first-order chi connectivity index (χ1) is 12.0. The third-order valence-electron chi connectivity index (χ3n) is 3.37. The number of urea groups is 1. The van der Waals surface area contributed by atoms with Gasteiger partial charge in [0.25, 0.3) is 0 Å². The second-order valence-corrected chi connectivity index (χ2v) is 7.54. The van der Waals surface area contributed by atoms with Crippen LogP contribution in [0.15, 0.2) is 22.5 Å². The maximum atomic E-state index is 11.9. The quantitative estimate of drug-likeness (QED) is 0.638. The molecule has 0 atom stereocenters. The zero-order valence-electron chi connectivity index (χ0n) is 14.4. The fraction of sp³-hybridized carbons (Fsp3) is 0.375. The van der Waals surface area contributed by atoms with Crippen molar-refractivity contribution in [2.24, 2.45) is 0 Å². The summed E-state index contributed by atoms with van der Waals surface area (Å²) in [5.41, 5.74) is 2.73. The largest absolute Gasteiger partial charge is 0.360 e. The molecule has 0 saturated carbocycles. The monoisotopic (exact) mass is 379 g/mol. The minimum atomic E-state index is -0.540. The Hall–Kier alpha value is -2.13. The molecule has 0 unspecified atom stereocenters. The van der Waals surface area contributed by atoms with Gasteiger partial charge in [0.2, 0.25) is 11.0 Å². The van der Waals surface area contributed by atoms with Gasteiger partial charge in [-0.1, -0.05) is 42.2 Å². The van der Waals surface area contributed by atoms with Crippen molar-refractivity contribution in [3.05, 3.63) is 29.3 Å². The molecule has 2 aromatic rings. The van der Waals surface area contributed by atoms with Gasteiger partial charge in [0.05, 0.1) is 5.75 Å². The third-order valence-corrected chi connectivity index (χ3v) is 5.38. The van der Waals surface area contributed by atoms with Crippen molar-refractivity contribution in [1.29, 1.82) is 0 Å². The molecule has 0 saturated heterocycles. The van der Waals surface area contributed by atoms with Gasteiger partial charge in [-0.25, -0.2) is 4.79 Å². The Morgan fingerprint density at radius 1 is 1.24 bits per heavy atom. The first kappa shape index (κ1) is 19.2. The van der Waals surface area contributed by atoms with E-state index < -0.39 is 6.03 Å². The Bertz CT molecular complexity index is 748. The Labute approximate surface area is 155 Å². The number of rotatable bonds is 7. The number of benzene rings is 1. The predicted molar refractivity (Wildman–Crippen MR) is 102 cm³/mol. The van der Waals surface area contributed by atoms with E-state index in [9.17, 15) is 9.59 Å². The van der Waals surface area contributed by atoms with Crippen molar-refractivity contribution in [2.75, 3.05) is 22.9 Å². The van der Waals surface area contributed by atoms with Gasteiger partial charge in [-0.3, -0.25) is 10.1 Å². The zero-order chi connectivity index (χ0) is 18.2. The van der Waals surface area contributed by atoms with Crippen LogP contribution in [0, 0.1) is 13.8 Å². The van der Waals surface area contributed by atoms with Gasteiger partial charge in [0, 0.05) is 12.2 Å². The number of nitrogens with one attached hydrogen (secondary N) is 3. The van der Waals surface area contributed by atoms with Crippen LogP contribution in [0.3, 0.4) is 0 Å². The van der Waals surface area contributed by atoms with Crippen molar-refractivity contribution < 1.29 is 9.59 Å².